The van der Waals surface area contributed by atoms with Crippen molar-refractivity contribution in [2.24, 2.45) is 0 Å². The fraction of sp³-hybridized carbons (Fsp3) is 0.300. The lowest BCUT2D eigenvalue weighted by Gasteiger charge is -1.98. The third kappa shape index (κ3) is 1.56. The molecular formula is C10H10ClNS. The van der Waals surface area contributed by atoms with Gasteiger partial charge in [0.2, 0.25) is 0 Å². The molecule has 0 aliphatic carbocycles. The van der Waals surface area contributed by atoms with Crippen molar-refractivity contribution >= 4 is 33.2 Å². The van der Waals surface area contributed by atoms with E-state index in [9.17, 15) is 0 Å². The van der Waals surface area contributed by atoms with Gasteiger partial charge >= 0.3 is 0 Å². The van der Waals surface area contributed by atoms with Gasteiger partial charge in [-0.15, -0.1) is 11.3 Å². The number of halogens is 1. The van der Waals surface area contributed by atoms with E-state index < -0.39 is 0 Å². The topological polar surface area (TPSA) is 12.9 Å². The Balaban J connectivity index is 2.72. The fourth-order valence-electron chi connectivity index (χ4n) is 1.37. The van der Waals surface area contributed by atoms with Crippen molar-refractivity contribution in [3.05, 3.63) is 27.7 Å². The minimum Gasteiger partial charge on any atom is -0.225 e. The number of aromatic nitrogens is 1. The summed E-state index contributed by atoms with van der Waals surface area (Å²) in [6.45, 7) is 4.18. The van der Waals surface area contributed by atoms with E-state index in [1.54, 1.807) is 11.3 Å². The van der Waals surface area contributed by atoms with E-state index >= 15 is 0 Å². The summed E-state index contributed by atoms with van der Waals surface area (Å²) in [5, 5.41) is 1.86. The van der Waals surface area contributed by atoms with E-state index in [0.29, 0.717) is 5.15 Å². The standard InChI is InChI=1S/C10H10ClNS/c1-3-7-5-8-4-6(2)13-10(8)12-9(7)11/h4-5H,3H2,1-2H3. The summed E-state index contributed by atoms with van der Waals surface area (Å²) in [6, 6.07) is 4.29. The average molecular weight is 212 g/mol. The van der Waals surface area contributed by atoms with Gasteiger partial charge in [-0.25, -0.2) is 4.98 Å². The number of fused-ring (bicyclic) bond motifs is 1. The Hall–Kier alpha value is -0.600. The summed E-state index contributed by atoms with van der Waals surface area (Å²) >= 11 is 7.70. The smallest absolute Gasteiger partial charge is 0.133 e. The van der Waals surface area contributed by atoms with Crippen molar-refractivity contribution in [1.82, 2.24) is 4.98 Å². The maximum atomic E-state index is 6.01. The SMILES string of the molecule is CCc1cc2cc(C)sc2nc1Cl. The molecule has 2 aromatic heterocycles. The third-order valence-corrected chi connectivity index (χ3v) is 3.33. The van der Waals surface area contributed by atoms with Crippen molar-refractivity contribution in [3.63, 3.8) is 0 Å². The number of thiophene rings is 1. The summed E-state index contributed by atoms with van der Waals surface area (Å²) < 4.78 is 0. The molecule has 1 nitrogen and oxygen atoms in total. The zero-order valence-electron chi connectivity index (χ0n) is 7.60. The van der Waals surface area contributed by atoms with Crippen LogP contribution in [0.15, 0.2) is 12.1 Å². The highest BCUT2D eigenvalue weighted by molar-refractivity contribution is 7.18. The molecule has 0 atom stereocenters. The quantitative estimate of drug-likeness (QED) is 0.654. The highest BCUT2D eigenvalue weighted by Gasteiger charge is 2.05. The molecule has 0 aromatic carbocycles. The van der Waals surface area contributed by atoms with Crippen LogP contribution in [0.3, 0.4) is 0 Å². The summed E-state index contributed by atoms with van der Waals surface area (Å²) in [7, 11) is 0. The van der Waals surface area contributed by atoms with Crippen LogP contribution in [0.5, 0.6) is 0 Å². The van der Waals surface area contributed by atoms with Crippen molar-refractivity contribution in [2.45, 2.75) is 20.3 Å². The monoisotopic (exact) mass is 211 g/mol. The summed E-state index contributed by atoms with van der Waals surface area (Å²) in [4.78, 5) is 6.68. The number of aryl methyl sites for hydroxylation is 2. The van der Waals surface area contributed by atoms with Gasteiger partial charge in [0.05, 0.1) is 0 Å². The first-order valence-electron chi connectivity index (χ1n) is 4.26. The summed E-state index contributed by atoms with van der Waals surface area (Å²) in [6.07, 6.45) is 0.941. The number of rotatable bonds is 1. The molecule has 68 valence electrons. The molecule has 0 bridgehead atoms. The van der Waals surface area contributed by atoms with Crippen LogP contribution < -0.4 is 0 Å². The Labute approximate surface area is 86.4 Å². The van der Waals surface area contributed by atoms with Gasteiger partial charge in [-0.1, -0.05) is 18.5 Å². The molecule has 0 amide bonds. The lowest BCUT2D eigenvalue weighted by molar-refractivity contribution is 1.12. The predicted molar refractivity (Wildman–Crippen MR) is 58.7 cm³/mol. The van der Waals surface area contributed by atoms with E-state index in [4.69, 9.17) is 11.6 Å². The van der Waals surface area contributed by atoms with E-state index in [0.717, 1.165) is 16.8 Å². The number of hydrogen-bond donors (Lipinski definition) is 0. The molecule has 0 N–H and O–H groups in total. The van der Waals surface area contributed by atoms with Gasteiger partial charge in [-0.2, -0.15) is 0 Å². The normalized spacial score (nSPS) is 11.0. The number of pyridine rings is 1. The van der Waals surface area contributed by atoms with E-state index in [-0.39, 0.29) is 0 Å². The largest absolute Gasteiger partial charge is 0.225 e. The first-order valence-corrected chi connectivity index (χ1v) is 5.45. The number of hydrogen-bond acceptors (Lipinski definition) is 2. The second kappa shape index (κ2) is 3.28. The van der Waals surface area contributed by atoms with Crippen LogP contribution in [0.4, 0.5) is 0 Å². The molecule has 2 aromatic rings. The molecule has 2 heterocycles. The highest BCUT2D eigenvalue weighted by Crippen LogP contribution is 2.27. The highest BCUT2D eigenvalue weighted by atomic mass is 35.5. The molecule has 0 saturated heterocycles. The van der Waals surface area contributed by atoms with Gasteiger partial charge in [0, 0.05) is 10.3 Å². The Kier molecular flexibility index (Phi) is 2.26. The van der Waals surface area contributed by atoms with Crippen molar-refractivity contribution < 1.29 is 0 Å². The lowest BCUT2D eigenvalue weighted by Crippen LogP contribution is -1.84. The van der Waals surface area contributed by atoms with Crippen molar-refractivity contribution in [3.8, 4) is 0 Å². The van der Waals surface area contributed by atoms with Crippen LogP contribution in [-0.4, -0.2) is 4.98 Å². The first-order chi connectivity index (χ1) is 6.20. The number of nitrogens with zero attached hydrogens (tertiary/aromatic N) is 1. The minimum atomic E-state index is 0.650. The second-order valence-corrected chi connectivity index (χ2v) is 4.64. The van der Waals surface area contributed by atoms with Crippen LogP contribution in [0.1, 0.15) is 17.4 Å². The van der Waals surface area contributed by atoms with E-state index in [1.807, 2.05) is 0 Å². The molecule has 0 aliphatic heterocycles. The third-order valence-electron chi connectivity index (χ3n) is 2.04. The lowest BCUT2D eigenvalue weighted by atomic mass is 10.2. The van der Waals surface area contributed by atoms with Gasteiger partial charge in [-0.05, 0) is 31.0 Å². The average Bonchev–Trinajstić information content (AvgIpc) is 2.42. The van der Waals surface area contributed by atoms with Crippen LogP contribution in [0.2, 0.25) is 5.15 Å². The molecule has 0 unspecified atom stereocenters. The van der Waals surface area contributed by atoms with E-state index in [2.05, 4.69) is 31.0 Å². The minimum absolute atomic E-state index is 0.650. The Morgan fingerprint density at radius 1 is 1.46 bits per heavy atom. The molecule has 2 rings (SSSR count). The molecule has 0 saturated carbocycles. The van der Waals surface area contributed by atoms with Crippen LogP contribution >= 0.6 is 22.9 Å². The van der Waals surface area contributed by atoms with Gasteiger partial charge in [-0.3, -0.25) is 0 Å². The van der Waals surface area contributed by atoms with E-state index in [1.165, 1.54) is 10.3 Å². The van der Waals surface area contributed by atoms with Crippen molar-refractivity contribution in [2.75, 3.05) is 0 Å². The van der Waals surface area contributed by atoms with Crippen LogP contribution in [0.25, 0.3) is 10.2 Å². The van der Waals surface area contributed by atoms with Crippen LogP contribution in [0, 0.1) is 6.92 Å². The maximum absolute atomic E-state index is 6.01. The van der Waals surface area contributed by atoms with Gasteiger partial charge in [0.1, 0.15) is 9.98 Å². The van der Waals surface area contributed by atoms with Gasteiger partial charge in [0.25, 0.3) is 0 Å². The predicted octanol–water partition coefficient (Wildman–Crippen LogP) is 3.82. The van der Waals surface area contributed by atoms with Gasteiger partial charge < -0.3 is 0 Å². The Bertz CT molecular complexity index is 447. The summed E-state index contributed by atoms with van der Waals surface area (Å²) in [5.41, 5.74) is 1.13. The second-order valence-electron chi connectivity index (χ2n) is 3.04. The van der Waals surface area contributed by atoms with Crippen LogP contribution in [-0.2, 0) is 6.42 Å². The molecular weight excluding hydrogens is 202 g/mol. The van der Waals surface area contributed by atoms with Gasteiger partial charge in [0.15, 0.2) is 0 Å². The molecule has 13 heavy (non-hydrogen) atoms. The summed E-state index contributed by atoms with van der Waals surface area (Å²) in [5.74, 6) is 0. The zero-order valence-corrected chi connectivity index (χ0v) is 9.17. The molecule has 0 spiro atoms. The molecule has 0 aliphatic rings. The first kappa shape index (κ1) is 8.97. The maximum Gasteiger partial charge on any atom is 0.133 e. The molecule has 0 radical (unpaired) electrons. The fourth-order valence-corrected chi connectivity index (χ4v) is 2.55. The Morgan fingerprint density at radius 2 is 2.23 bits per heavy atom. The molecule has 0 fully saturated rings. The Morgan fingerprint density at radius 3 is 2.92 bits per heavy atom. The zero-order chi connectivity index (χ0) is 9.42. The molecule has 3 heteroatoms. The van der Waals surface area contributed by atoms with Crippen molar-refractivity contribution in [1.29, 1.82) is 0 Å².